The molecule has 0 saturated carbocycles. The smallest absolute Gasteiger partial charge is 0.328 e. The number of pyridine rings is 1. The molecule has 0 aliphatic carbocycles. The van der Waals surface area contributed by atoms with Crippen LogP contribution in [0.15, 0.2) is 73.1 Å². The van der Waals surface area contributed by atoms with Gasteiger partial charge in [-0.2, -0.15) is 0 Å². The van der Waals surface area contributed by atoms with E-state index in [1.165, 1.54) is 0 Å². The van der Waals surface area contributed by atoms with E-state index in [2.05, 4.69) is 25.6 Å². The van der Waals surface area contributed by atoms with Crippen LogP contribution < -0.4 is 10.6 Å². The Kier molecular flexibility index (Phi) is 5.38. The number of benzene rings is 2. The highest BCUT2D eigenvalue weighted by atomic mass is 16.4. The number of fused-ring (bicyclic) bond motifs is 1. The molecule has 4 aromatic rings. The van der Waals surface area contributed by atoms with E-state index in [1.807, 2.05) is 42.5 Å². The van der Waals surface area contributed by atoms with E-state index < -0.39 is 17.9 Å². The van der Waals surface area contributed by atoms with E-state index in [9.17, 15) is 14.7 Å². The van der Waals surface area contributed by atoms with Crippen molar-refractivity contribution >= 4 is 28.6 Å². The second kappa shape index (κ2) is 8.44. The quantitative estimate of drug-likeness (QED) is 0.378. The van der Waals surface area contributed by atoms with Crippen LogP contribution in [0.3, 0.4) is 0 Å². The number of carbonyl (C=O) groups is 2. The molecule has 30 heavy (non-hydrogen) atoms. The second-order valence-corrected chi connectivity index (χ2v) is 6.66. The van der Waals surface area contributed by atoms with Crippen LogP contribution in [0.4, 0.5) is 5.69 Å². The van der Waals surface area contributed by atoms with Crippen molar-refractivity contribution in [3.05, 3.63) is 78.6 Å². The molecule has 0 bridgehead atoms. The molecule has 0 aliphatic heterocycles. The number of H-pyrrole nitrogens is 1. The van der Waals surface area contributed by atoms with Crippen LogP contribution in [-0.2, 0) is 4.79 Å². The van der Waals surface area contributed by atoms with Crippen molar-refractivity contribution < 1.29 is 14.7 Å². The van der Waals surface area contributed by atoms with Crippen molar-refractivity contribution in [2.75, 3.05) is 11.9 Å². The number of hydrogen-bond donors (Lipinski definition) is 4. The number of rotatable bonds is 7. The normalized spacial score (nSPS) is 11.7. The number of carboxylic acids is 1. The van der Waals surface area contributed by atoms with Gasteiger partial charge in [0.2, 0.25) is 0 Å². The van der Waals surface area contributed by atoms with Gasteiger partial charge in [-0.1, -0.05) is 18.2 Å². The van der Waals surface area contributed by atoms with Gasteiger partial charge in [0.05, 0.1) is 11.0 Å². The van der Waals surface area contributed by atoms with Crippen LogP contribution in [-0.4, -0.2) is 44.5 Å². The number of carboxylic acid groups (broad SMARTS) is 1. The second-order valence-electron chi connectivity index (χ2n) is 6.66. The molecule has 8 nitrogen and oxygen atoms in total. The average molecular weight is 401 g/mol. The zero-order chi connectivity index (χ0) is 20.9. The van der Waals surface area contributed by atoms with Crippen molar-refractivity contribution in [1.82, 2.24) is 20.3 Å². The van der Waals surface area contributed by atoms with E-state index in [0.29, 0.717) is 16.9 Å². The van der Waals surface area contributed by atoms with E-state index in [-0.39, 0.29) is 6.54 Å². The number of nitrogens with one attached hydrogen (secondary N) is 3. The molecule has 4 rings (SSSR count). The van der Waals surface area contributed by atoms with Crippen molar-refractivity contribution in [2.45, 2.75) is 6.04 Å². The molecule has 1 amide bonds. The molecule has 0 saturated heterocycles. The van der Waals surface area contributed by atoms with E-state index >= 15 is 0 Å². The molecule has 0 fully saturated rings. The summed E-state index contributed by atoms with van der Waals surface area (Å²) in [6.45, 7) is 0.0575. The Bertz CT molecular complexity index is 1180. The number of carbonyl (C=O) groups excluding carboxylic acids is 1. The summed E-state index contributed by atoms with van der Waals surface area (Å²) in [5.74, 6) is -0.930. The largest absolute Gasteiger partial charge is 0.480 e. The van der Waals surface area contributed by atoms with Crippen molar-refractivity contribution in [1.29, 1.82) is 0 Å². The number of anilines is 1. The van der Waals surface area contributed by atoms with Gasteiger partial charge in [-0.15, -0.1) is 0 Å². The predicted octanol–water partition coefficient (Wildman–Crippen LogP) is 2.92. The number of amides is 1. The summed E-state index contributed by atoms with van der Waals surface area (Å²) >= 11 is 0. The van der Waals surface area contributed by atoms with Gasteiger partial charge >= 0.3 is 5.97 Å². The topological polar surface area (TPSA) is 120 Å². The van der Waals surface area contributed by atoms with Gasteiger partial charge in [0.25, 0.3) is 5.91 Å². The van der Waals surface area contributed by atoms with Gasteiger partial charge in [-0.3, -0.25) is 9.78 Å². The molecular formula is C22H19N5O3. The van der Waals surface area contributed by atoms with Gasteiger partial charge in [-0.05, 0) is 42.5 Å². The zero-order valence-electron chi connectivity index (χ0n) is 15.9. The summed E-state index contributed by atoms with van der Waals surface area (Å²) in [5, 5.41) is 15.0. The molecule has 1 atom stereocenters. The molecular weight excluding hydrogens is 382 g/mol. The zero-order valence-corrected chi connectivity index (χ0v) is 15.9. The Hall–Kier alpha value is -4.20. The summed E-state index contributed by atoms with van der Waals surface area (Å²) in [5.41, 5.74) is 3.38. The lowest BCUT2D eigenvalue weighted by molar-refractivity contribution is -0.138. The minimum Gasteiger partial charge on any atom is -0.480 e. The van der Waals surface area contributed by atoms with Crippen LogP contribution in [0.5, 0.6) is 0 Å². The van der Waals surface area contributed by atoms with E-state index in [0.717, 1.165) is 16.8 Å². The fourth-order valence-corrected chi connectivity index (χ4v) is 3.01. The van der Waals surface area contributed by atoms with E-state index in [1.54, 1.807) is 30.6 Å². The summed E-state index contributed by atoms with van der Waals surface area (Å²) in [7, 11) is 0. The summed E-state index contributed by atoms with van der Waals surface area (Å²) in [6.07, 6.45) is 3.35. The number of hydrogen-bond acceptors (Lipinski definition) is 5. The first-order valence-electron chi connectivity index (χ1n) is 9.33. The van der Waals surface area contributed by atoms with E-state index in [4.69, 9.17) is 0 Å². The molecule has 4 N–H and O–H groups in total. The first-order chi connectivity index (χ1) is 14.6. The molecule has 2 aromatic carbocycles. The minimum absolute atomic E-state index is 0.0575. The first-order valence-corrected chi connectivity index (χ1v) is 9.33. The number of aliphatic carboxylic acids is 1. The van der Waals surface area contributed by atoms with Crippen molar-refractivity contribution in [2.24, 2.45) is 0 Å². The van der Waals surface area contributed by atoms with Crippen LogP contribution in [0.25, 0.3) is 22.4 Å². The lowest BCUT2D eigenvalue weighted by Crippen LogP contribution is -2.45. The number of imidazole rings is 1. The summed E-state index contributed by atoms with van der Waals surface area (Å²) < 4.78 is 0. The molecule has 2 aromatic heterocycles. The maximum atomic E-state index is 12.6. The van der Waals surface area contributed by atoms with Crippen LogP contribution in [0, 0.1) is 0 Å². The third-order valence-corrected chi connectivity index (χ3v) is 4.59. The fraction of sp³-hybridized carbons (Fsp3) is 0.0909. The van der Waals surface area contributed by atoms with Gasteiger partial charge < -0.3 is 20.7 Å². The molecule has 1 unspecified atom stereocenters. The van der Waals surface area contributed by atoms with Gasteiger partial charge in [0.1, 0.15) is 11.9 Å². The molecule has 150 valence electrons. The minimum atomic E-state index is -1.12. The Labute approximate surface area is 172 Å². The fourth-order valence-electron chi connectivity index (χ4n) is 3.01. The number of para-hydroxylation sites is 1. The lowest BCUT2D eigenvalue weighted by Gasteiger charge is -2.16. The monoisotopic (exact) mass is 401 g/mol. The third kappa shape index (κ3) is 4.27. The van der Waals surface area contributed by atoms with Gasteiger partial charge in [-0.25, -0.2) is 9.78 Å². The van der Waals surface area contributed by atoms with Crippen molar-refractivity contribution in [3.63, 3.8) is 0 Å². The molecule has 2 heterocycles. The third-order valence-electron chi connectivity index (χ3n) is 4.59. The van der Waals surface area contributed by atoms with Gasteiger partial charge in [0.15, 0.2) is 0 Å². The summed E-state index contributed by atoms with van der Waals surface area (Å²) in [6, 6.07) is 16.8. The highest BCUT2D eigenvalue weighted by molar-refractivity contribution is 5.99. The highest BCUT2D eigenvalue weighted by Gasteiger charge is 2.21. The average Bonchev–Trinajstić information content (AvgIpc) is 3.21. The number of aromatic nitrogens is 3. The molecule has 8 heteroatoms. The number of nitrogens with zero attached hydrogens (tertiary/aromatic N) is 2. The standard InChI is InChI=1S/C22H19N5O3/c28-21(27-19(22(29)30)13-24-16-4-2-1-3-5-16)15-6-7-17-18(12-15)26-20(25-17)14-8-10-23-11-9-14/h1-12,19,24H,13H2,(H,25,26)(H,27,28)(H,29,30). The number of aromatic amines is 1. The SMILES string of the molecule is O=C(NC(CNc1ccccc1)C(=O)O)c1ccc2[nH]c(-c3ccncc3)nc2c1. The van der Waals surface area contributed by atoms with Crippen LogP contribution in [0.1, 0.15) is 10.4 Å². The van der Waals surface area contributed by atoms with Gasteiger partial charge in [0, 0.05) is 35.8 Å². The van der Waals surface area contributed by atoms with Crippen molar-refractivity contribution in [3.8, 4) is 11.4 Å². The Morgan fingerprint density at radius 2 is 1.80 bits per heavy atom. The first kappa shape index (κ1) is 19.1. The molecule has 0 aliphatic rings. The summed E-state index contributed by atoms with van der Waals surface area (Å²) in [4.78, 5) is 35.9. The van der Waals surface area contributed by atoms with Crippen LogP contribution in [0.2, 0.25) is 0 Å². The lowest BCUT2D eigenvalue weighted by atomic mass is 10.1. The Balaban J connectivity index is 1.49. The predicted molar refractivity (Wildman–Crippen MR) is 113 cm³/mol. The highest BCUT2D eigenvalue weighted by Crippen LogP contribution is 2.20. The Morgan fingerprint density at radius 3 is 2.53 bits per heavy atom. The maximum Gasteiger partial charge on any atom is 0.328 e. The molecule has 0 radical (unpaired) electrons. The Morgan fingerprint density at radius 1 is 1.03 bits per heavy atom. The molecule has 0 spiro atoms. The maximum absolute atomic E-state index is 12.6. The van der Waals surface area contributed by atoms with Crippen LogP contribution >= 0.6 is 0 Å².